The number of amides is 1. The number of rotatable bonds is 2. The molecule has 2 saturated heterocycles. The van der Waals surface area contributed by atoms with Gasteiger partial charge in [0.05, 0.1) is 11.7 Å². The summed E-state index contributed by atoms with van der Waals surface area (Å²) in [5.74, 6) is -0.0198. The standard InChI is InChI=1S/C16H25N3O3/c1-3-12-11(2)14(18-17-12)15(21)19-8-6-16(7-9-19)13(20)5-4-10-22-16/h13,20H,3-10H2,1-2H3,(H,17,18)/t13-/m1/s1. The summed E-state index contributed by atoms with van der Waals surface area (Å²) in [7, 11) is 0. The van der Waals surface area contributed by atoms with Crippen LogP contribution in [0.1, 0.15) is 54.4 Å². The number of carbonyl (C=O) groups is 1. The van der Waals surface area contributed by atoms with Crippen LogP contribution in [-0.2, 0) is 11.2 Å². The molecule has 2 aliphatic heterocycles. The van der Waals surface area contributed by atoms with Gasteiger partial charge < -0.3 is 14.7 Å². The van der Waals surface area contributed by atoms with Crippen molar-refractivity contribution < 1.29 is 14.6 Å². The quantitative estimate of drug-likeness (QED) is 0.866. The molecule has 0 bridgehead atoms. The molecule has 1 aromatic heterocycles. The van der Waals surface area contributed by atoms with Crippen LogP contribution >= 0.6 is 0 Å². The first kappa shape index (κ1) is 15.5. The number of aromatic amines is 1. The van der Waals surface area contributed by atoms with Crippen molar-refractivity contribution in [1.29, 1.82) is 0 Å². The fraction of sp³-hybridized carbons (Fsp3) is 0.750. The number of likely N-dealkylation sites (tertiary alicyclic amines) is 1. The van der Waals surface area contributed by atoms with Crippen LogP contribution in [0.4, 0.5) is 0 Å². The maximum absolute atomic E-state index is 12.6. The van der Waals surface area contributed by atoms with Gasteiger partial charge in [0.1, 0.15) is 0 Å². The van der Waals surface area contributed by atoms with Crippen LogP contribution < -0.4 is 0 Å². The number of nitrogens with one attached hydrogen (secondary N) is 1. The summed E-state index contributed by atoms with van der Waals surface area (Å²) in [6, 6.07) is 0. The average molecular weight is 307 g/mol. The lowest BCUT2D eigenvalue weighted by atomic mass is 9.82. The van der Waals surface area contributed by atoms with E-state index in [2.05, 4.69) is 10.2 Å². The van der Waals surface area contributed by atoms with Crippen molar-refractivity contribution in [3.8, 4) is 0 Å². The number of aryl methyl sites for hydroxylation is 1. The molecule has 1 aromatic rings. The molecule has 1 amide bonds. The zero-order chi connectivity index (χ0) is 15.7. The molecule has 6 heteroatoms. The van der Waals surface area contributed by atoms with Crippen molar-refractivity contribution in [2.75, 3.05) is 19.7 Å². The van der Waals surface area contributed by atoms with Crippen molar-refractivity contribution >= 4 is 5.91 Å². The summed E-state index contributed by atoms with van der Waals surface area (Å²) >= 11 is 0. The normalized spacial score (nSPS) is 24.7. The SMILES string of the molecule is CCc1[nH]nc(C(=O)N2CCC3(CC2)OCCC[C@H]3O)c1C. The highest BCUT2D eigenvalue weighted by molar-refractivity contribution is 5.94. The Morgan fingerprint density at radius 1 is 1.50 bits per heavy atom. The van der Waals surface area contributed by atoms with Gasteiger partial charge in [-0.3, -0.25) is 9.89 Å². The molecule has 2 N–H and O–H groups in total. The fourth-order valence-corrected chi connectivity index (χ4v) is 3.61. The molecular formula is C16H25N3O3. The number of aliphatic hydroxyl groups excluding tert-OH is 1. The molecule has 0 aliphatic carbocycles. The Hall–Kier alpha value is -1.40. The van der Waals surface area contributed by atoms with Crippen LogP contribution in [-0.4, -0.2) is 57.5 Å². The third kappa shape index (κ3) is 2.54. The first-order chi connectivity index (χ1) is 10.6. The summed E-state index contributed by atoms with van der Waals surface area (Å²) in [5, 5.41) is 17.4. The number of nitrogens with zero attached hydrogens (tertiary/aromatic N) is 2. The maximum Gasteiger partial charge on any atom is 0.274 e. The summed E-state index contributed by atoms with van der Waals surface area (Å²) in [6.07, 6.45) is 3.55. The molecule has 1 atom stereocenters. The van der Waals surface area contributed by atoms with E-state index in [1.54, 1.807) is 0 Å². The molecule has 3 heterocycles. The van der Waals surface area contributed by atoms with Crippen molar-refractivity contribution in [1.82, 2.24) is 15.1 Å². The molecule has 0 saturated carbocycles. The number of H-pyrrole nitrogens is 1. The topological polar surface area (TPSA) is 78.5 Å². The van der Waals surface area contributed by atoms with Gasteiger partial charge in [0.25, 0.3) is 5.91 Å². The highest BCUT2D eigenvalue weighted by Crippen LogP contribution is 2.35. The number of ether oxygens (including phenoxy) is 1. The summed E-state index contributed by atoms with van der Waals surface area (Å²) in [4.78, 5) is 14.5. The minimum absolute atomic E-state index is 0.0198. The monoisotopic (exact) mass is 307 g/mol. The Morgan fingerprint density at radius 2 is 2.23 bits per heavy atom. The van der Waals surface area contributed by atoms with Gasteiger partial charge in [0.2, 0.25) is 0 Å². The smallest absolute Gasteiger partial charge is 0.274 e. The Bertz CT molecular complexity index is 547. The molecule has 0 radical (unpaired) electrons. The van der Waals surface area contributed by atoms with E-state index in [9.17, 15) is 9.90 Å². The van der Waals surface area contributed by atoms with Gasteiger partial charge in [-0.2, -0.15) is 5.10 Å². The van der Waals surface area contributed by atoms with Crippen molar-refractivity contribution in [3.05, 3.63) is 17.0 Å². The van der Waals surface area contributed by atoms with Crippen LogP contribution in [0.15, 0.2) is 0 Å². The highest BCUT2D eigenvalue weighted by atomic mass is 16.5. The predicted molar refractivity (Wildman–Crippen MR) is 81.8 cm³/mol. The first-order valence-corrected chi connectivity index (χ1v) is 8.22. The van der Waals surface area contributed by atoms with Gasteiger partial charge in [0.15, 0.2) is 5.69 Å². The Labute approximate surface area is 130 Å². The van der Waals surface area contributed by atoms with Gasteiger partial charge in [-0.15, -0.1) is 0 Å². The Morgan fingerprint density at radius 3 is 2.82 bits per heavy atom. The van der Waals surface area contributed by atoms with Gasteiger partial charge in [-0.25, -0.2) is 0 Å². The number of hydrogen-bond donors (Lipinski definition) is 2. The second kappa shape index (κ2) is 6.01. The third-order valence-corrected chi connectivity index (χ3v) is 5.18. The Balaban J connectivity index is 1.68. The lowest BCUT2D eigenvalue weighted by Gasteiger charge is -2.46. The lowest BCUT2D eigenvalue weighted by Crippen LogP contribution is -2.56. The number of piperidine rings is 1. The predicted octanol–water partition coefficient (Wildman–Crippen LogP) is 1.43. The Kier molecular flexibility index (Phi) is 4.23. The summed E-state index contributed by atoms with van der Waals surface area (Å²) in [6.45, 7) is 5.92. The maximum atomic E-state index is 12.6. The van der Waals surface area contributed by atoms with Gasteiger partial charge in [-0.1, -0.05) is 6.92 Å². The van der Waals surface area contributed by atoms with E-state index in [-0.39, 0.29) is 5.91 Å². The molecule has 1 spiro atoms. The fourth-order valence-electron chi connectivity index (χ4n) is 3.61. The molecule has 22 heavy (non-hydrogen) atoms. The van der Waals surface area contributed by atoms with Crippen molar-refractivity contribution in [2.24, 2.45) is 0 Å². The van der Waals surface area contributed by atoms with E-state index < -0.39 is 11.7 Å². The van der Waals surface area contributed by atoms with E-state index >= 15 is 0 Å². The van der Waals surface area contributed by atoms with Crippen LogP contribution in [0.25, 0.3) is 0 Å². The zero-order valence-corrected chi connectivity index (χ0v) is 13.4. The number of aliphatic hydroxyl groups is 1. The van der Waals surface area contributed by atoms with Crippen LogP contribution in [0.5, 0.6) is 0 Å². The first-order valence-electron chi connectivity index (χ1n) is 8.22. The van der Waals surface area contributed by atoms with E-state index in [1.807, 2.05) is 18.7 Å². The van der Waals surface area contributed by atoms with Gasteiger partial charge in [-0.05, 0) is 39.0 Å². The number of hydrogen-bond acceptors (Lipinski definition) is 4. The lowest BCUT2D eigenvalue weighted by molar-refractivity contribution is -0.174. The molecule has 122 valence electrons. The number of carbonyl (C=O) groups excluding carboxylic acids is 1. The summed E-state index contributed by atoms with van der Waals surface area (Å²) in [5.41, 5.74) is 2.05. The van der Waals surface area contributed by atoms with Crippen LogP contribution in [0, 0.1) is 6.92 Å². The van der Waals surface area contributed by atoms with E-state index in [0.717, 1.165) is 30.5 Å². The van der Waals surface area contributed by atoms with Crippen LogP contribution in [0.2, 0.25) is 0 Å². The number of aromatic nitrogens is 2. The highest BCUT2D eigenvalue weighted by Gasteiger charge is 2.44. The molecule has 3 rings (SSSR count). The molecule has 0 unspecified atom stereocenters. The van der Waals surface area contributed by atoms with E-state index in [1.165, 1.54) is 0 Å². The average Bonchev–Trinajstić information content (AvgIpc) is 2.91. The molecule has 6 nitrogen and oxygen atoms in total. The summed E-state index contributed by atoms with van der Waals surface area (Å²) < 4.78 is 5.89. The second-order valence-corrected chi connectivity index (χ2v) is 6.39. The minimum atomic E-state index is -0.440. The van der Waals surface area contributed by atoms with Gasteiger partial charge in [0, 0.05) is 31.0 Å². The van der Waals surface area contributed by atoms with Crippen LogP contribution in [0.3, 0.4) is 0 Å². The second-order valence-electron chi connectivity index (χ2n) is 6.39. The molecule has 2 aliphatic rings. The van der Waals surface area contributed by atoms with E-state index in [0.29, 0.717) is 38.2 Å². The van der Waals surface area contributed by atoms with Crippen molar-refractivity contribution in [3.63, 3.8) is 0 Å². The largest absolute Gasteiger partial charge is 0.390 e. The zero-order valence-electron chi connectivity index (χ0n) is 13.4. The molecule has 2 fully saturated rings. The molecule has 0 aromatic carbocycles. The van der Waals surface area contributed by atoms with Gasteiger partial charge >= 0.3 is 0 Å². The minimum Gasteiger partial charge on any atom is -0.390 e. The van der Waals surface area contributed by atoms with Crippen molar-refractivity contribution in [2.45, 2.75) is 57.7 Å². The molecular weight excluding hydrogens is 282 g/mol. The van der Waals surface area contributed by atoms with E-state index in [4.69, 9.17) is 4.74 Å². The third-order valence-electron chi connectivity index (χ3n) is 5.18.